The first-order valence-electron chi connectivity index (χ1n) is 12.6. The highest BCUT2D eigenvalue weighted by Crippen LogP contribution is 2.25. The van der Waals surface area contributed by atoms with Crippen molar-refractivity contribution in [3.05, 3.63) is 35.9 Å². The van der Waals surface area contributed by atoms with Gasteiger partial charge in [0.05, 0.1) is 14.1 Å². The molecular formula is C27H46ClNO2. The normalized spacial score (nSPS) is 15.8. The second kappa shape index (κ2) is 15.7. The number of carbonyl (C=O) groups excluding carboxylic acids is 1. The largest absolute Gasteiger partial charge is 1.00 e. The fraction of sp³-hybridized carbons (Fsp3) is 0.741. The van der Waals surface area contributed by atoms with Gasteiger partial charge < -0.3 is 21.6 Å². The van der Waals surface area contributed by atoms with Gasteiger partial charge in [-0.05, 0) is 32.1 Å². The van der Waals surface area contributed by atoms with Gasteiger partial charge in [0.2, 0.25) is 0 Å². The van der Waals surface area contributed by atoms with E-state index in [2.05, 4.69) is 51.4 Å². The Morgan fingerprint density at radius 3 is 2.13 bits per heavy atom. The second-order valence-electron chi connectivity index (χ2n) is 9.90. The molecule has 1 atom stereocenters. The number of halogens is 1. The number of quaternary nitrogens is 1. The molecule has 4 heteroatoms. The lowest BCUT2D eigenvalue weighted by molar-refractivity contribution is -0.920. The molecule has 1 aromatic rings. The van der Waals surface area contributed by atoms with Crippen molar-refractivity contribution < 1.29 is 26.4 Å². The monoisotopic (exact) mass is 451 g/mol. The molecule has 3 nitrogen and oxygen atoms in total. The minimum atomic E-state index is -0.0766. The zero-order chi connectivity index (χ0) is 21.7. The van der Waals surface area contributed by atoms with E-state index >= 15 is 0 Å². The van der Waals surface area contributed by atoms with Crippen molar-refractivity contribution in [2.45, 2.75) is 116 Å². The van der Waals surface area contributed by atoms with Crippen molar-refractivity contribution >= 4 is 5.97 Å². The molecule has 31 heavy (non-hydrogen) atoms. The van der Waals surface area contributed by atoms with E-state index in [1.807, 2.05) is 0 Å². The van der Waals surface area contributed by atoms with Crippen LogP contribution in [0.1, 0.15) is 102 Å². The van der Waals surface area contributed by atoms with Crippen LogP contribution in [-0.2, 0) is 16.1 Å². The van der Waals surface area contributed by atoms with Crippen LogP contribution in [0.15, 0.2) is 30.3 Å². The summed E-state index contributed by atoms with van der Waals surface area (Å²) in [6, 6.07) is 10.5. The fourth-order valence-electron chi connectivity index (χ4n) is 4.81. The van der Waals surface area contributed by atoms with Crippen molar-refractivity contribution in [3.63, 3.8) is 0 Å². The standard InChI is InChI=1S/C27H46NO2.ClH/c1-4-5-6-7-8-9-10-17-22-26(27(29)30-25-20-15-12-16-21-25)28(2,3)23-24-18-13-11-14-19-24;/h11,13-14,18-19,25-26H,4-10,12,15-17,20-23H2,1-3H3;1H/q+1;/p-1. The van der Waals surface area contributed by atoms with Crippen LogP contribution >= 0.6 is 0 Å². The van der Waals surface area contributed by atoms with Gasteiger partial charge in [-0.25, -0.2) is 4.79 Å². The predicted octanol–water partition coefficient (Wildman–Crippen LogP) is 4.04. The van der Waals surface area contributed by atoms with Gasteiger partial charge in [0.25, 0.3) is 0 Å². The summed E-state index contributed by atoms with van der Waals surface area (Å²) in [6.07, 6.45) is 17.2. The minimum Gasteiger partial charge on any atom is -1.00 e. The molecule has 0 saturated heterocycles. The maximum Gasteiger partial charge on any atom is 0.365 e. The Labute approximate surface area is 197 Å². The van der Waals surface area contributed by atoms with E-state index in [1.54, 1.807) is 0 Å². The lowest BCUT2D eigenvalue weighted by Crippen LogP contribution is -3.00. The van der Waals surface area contributed by atoms with E-state index in [0.717, 1.165) is 32.2 Å². The summed E-state index contributed by atoms with van der Waals surface area (Å²) in [5.74, 6) is 0.0331. The molecule has 0 spiro atoms. The Hall–Kier alpha value is -1.06. The predicted molar refractivity (Wildman–Crippen MR) is 126 cm³/mol. The Balaban J connectivity index is 0.00000480. The van der Waals surface area contributed by atoms with E-state index in [0.29, 0.717) is 4.48 Å². The summed E-state index contributed by atoms with van der Waals surface area (Å²) in [4.78, 5) is 13.2. The molecular weight excluding hydrogens is 406 g/mol. The van der Waals surface area contributed by atoms with E-state index in [-0.39, 0.29) is 30.5 Å². The Morgan fingerprint density at radius 2 is 1.52 bits per heavy atom. The summed E-state index contributed by atoms with van der Waals surface area (Å²) >= 11 is 0. The first-order chi connectivity index (χ1) is 14.5. The van der Waals surface area contributed by atoms with Crippen molar-refractivity contribution in [1.29, 1.82) is 0 Å². The van der Waals surface area contributed by atoms with Crippen LogP contribution < -0.4 is 12.4 Å². The van der Waals surface area contributed by atoms with Gasteiger partial charge in [-0.3, -0.25) is 0 Å². The molecule has 1 aliphatic carbocycles. The van der Waals surface area contributed by atoms with Gasteiger partial charge in [-0.1, -0.05) is 88.6 Å². The fourth-order valence-corrected chi connectivity index (χ4v) is 4.81. The van der Waals surface area contributed by atoms with Gasteiger partial charge in [0, 0.05) is 12.0 Å². The number of rotatable bonds is 14. The zero-order valence-corrected chi connectivity index (χ0v) is 21.0. The van der Waals surface area contributed by atoms with Crippen molar-refractivity contribution in [3.8, 4) is 0 Å². The molecule has 0 aliphatic heterocycles. The Morgan fingerprint density at radius 1 is 0.935 bits per heavy atom. The molecule has 1 saturated carbocycles. The molecule has 0 N–H and O–H groups in total. The maximum atomic E-state index is 13.2. The number of esters is 1. The van der Waals surface area contributed by atoms with E-state index in [4.69, 9.17) is 4.74 Å². The van der Waals surface area contributed by atoms with Crippen LogP contribution in [0.4, 0.5) is 0 Å². The minimum absolute atomic E-state index is 0. The van der Waals surface area contributed by atoms with Crippen molar-refractivity contribution in [2.24, 2.45) is 0 Å². The SMILES string of the molecule is CCCCCCCCCCC(C(=O)OC1CCCCC1)[N+](C)(C)Cc1ccccc1.[Cl-]. The lowest BCUT2D eigenvalue weighted by atomic mass is 9.97. The zero-order valence-electron chi connectivity index (χ0n) is 20.3. The average molecular weight is 452 g/mol. The van der Waals surface area contributed by atoms with E-state index in [9.17, 15) is 4.79 Å². The molecule has 0 heterocycles. The van der Waals surface area contributed by atoms with E-state index < -0.39 is 0 Å². The van der Waals surface area contributed by atoms with Crippen LogP contribution in [0, 0.1) is 0 Å². The van der Waals surface area contributed by atoms with Gasteiger partial charge in [0.15, 0.2) is 6.04 Å². The highest BCUT2D eigenvalue weighted by atomic mass is 35.5. The van der Waals surface area contributed by atoms with Gasteiger partial charge in [-0.2, -0.15) is 0 Å². The number of nitrogens with zero attached hydrogens (tertiary/aromatic N) is 1. The van der Waals surface area contributed by atoms with Gasteiger partial charge >= 0.3 is 5.97 Å². The van der Waals surface area contributed by atoms with E-state index in [1.165, 1.54) is 69.8 Å². The number of carbonyl (C=O) groups is 1. The maximum absolute atomic E-state index is 13.2. The number of unbranched alkanes of at least 4 members (excludes halogenated alkanes) is 7. The molecule has 1 fully saturated rings. The third kappa shape index (κ3) is 10.9. The first kappa shape index (κ1) is 28.0. The van der Waals surface area contributed by atoms with Crippen LogP contribution in [0.2, 0.25) is 0 Å². The van der Waals surface area contributed by atoms with Crippen LogP contribution in [-0.4, -0.2) is 36.7 Å². The number of ether oxygens (including phenoxy) is 1. The van der Waals surface area contributed by atoms with Crippen LogP contribution in [0.5, 0.6) is 0 Å². The molecule has 1 aromatic carbocycles. The molecule has 0 radical (unpaired) electrons. The molecule has 1 unspecified atom stereocenters. The summed E-state index contributed by atoms with van der Waals surface area (Å²) in [6.45, 7) is 3.13. The second-order valence-corrected chi connectivity index (χ2v) is 9.90. The van der Waals surface area contributed by atoms with Crippen LogP contribution in [0.3, 0.4) is 0 Å². The molecule has 2 rings (SSSR count). The topological polar surface area (TPSA) is 26.3 Å². The summed E-state index contributed by atoms with van der Waals surface area (Å²) < 4.78 is 6.72. The summed E-state index contributed by atoms with van der Waals surface area (Å²) in [5.41, 5.74) is 1.29. The smallest absolute Gasteiger partial charge is 0.365 e. The number of likely N-dealkylation sites (N-methyl/N-ethyl adjacent to an activating group) is 1. The number of hydrogen-bond acceptors (Lipinski definition) is 2. The number of hydrogen-bond donors (Lipinski definition) is 0. The molecule has 178 valence electrons. The summed E-state index contributed by atoms with van der Waals surface area (Å²) in [5, 5.41) is 0. The quantitative estimate of drug-likeness (QED) is 0.242. The Kier molecular flexibility index (Phi) is 14.2. The lowest BCUT2D eigenvalue weighted by Gasteiger charge is -2.37. The highest BCUT2D eigenvalue weighted by Gasteiger charge is 2.37. The Bertz CT molecular complexity index is 584. The molecule has 0 aromatic heterocycles. The number of benzene rings is 1. The molecule has 1 aliphatic rings. The third-order valence-corrected chi connectivity index (χ3v) is 6.71. The van der Waals surface area contributed by atoms with Gasteiger partial charge in [0.1, 0.15) is 12.6 Å². The van der Waals surface area contributed by atoms with Gasteiger partial charge in [-0.15, -0.1) is 0 Å². The van der Waals surface area contributed by atoms with Crippen molar-refractivity contribution in [1.82, 2.24) is 0 Å². The van der Waals surface area contributed by atoms with Crippen molar-refractivity contribution in [2.75, 3.05) is 14.1 Å². The highest BCUT2D eigenvalue weighted by molar-refractivity contribution is 5.74. The summed E-state index contributed by atoms with van der Waals surface area (Å²) in [7, 11) is 4.40. The molecule has 0 bridgehead atoms. The average Bonchev–Trinajstić information content (AvgIpc) is 2.73. The first-order valence-corrected chi connectivity index (χ1v) is 12.6. The third-order valence-electron chi connectivity index (χ3n) is 6.71. The van der Waals surface area contributed by atoms with Crippen LogP contribution in [0.25, 0.3) is 0 Å². The molecule has 0 amide bonds.